The number of rotatable bonds is 7. The Kier molecular flexibility index (Phi) is 5.96. The highest BCUT2D eigenvalue weighted by Gasteiger charge is 2.44. The molecule has 7 heteroatoms. The summed E-state index contributed by atoms with van der Waals surface area (Å²) in [6, 6.07) is 12.4. The molecule has 0 radical (unpaired) electrons. The summed E-state index contributed by atoms with van der Waals surface area (Å²) >= 11 is 1.69. The first-order chi connectivity index (χ1) is 14.9. The maximum Gasteiger partial charge on any atom is 0.225 e. The molecule has 0 spiro atoms. The lowest BCUT2D eigenvalue weighted by molar-refractivity contribution is -0.132. The molecule has 1 atom stereocenters. The third kappa shape index (κ3) is 4.42. The van der Waals surface area contributed by atoms with Gasteiger partial charge in [0.2, 0.25) is 11.8 Å². The van der Waals surface area contributed by atoms with E-state index in [1.165, 1.54) is 4.88 Å². The van der Waals surface area contributed by atoms with Crippen LogP contribution in [-0.2, 0) is 22.4 Å². The topological polar surface area (TPSA) is 89.4 Å². The molecule has 2 amide bonds. The van der Waals surface area contributed by atoms with Crippen molar-refractivity contribution >= 4 is 23.2 Å². The molecule has 1 saturated heterocycles. The first-order valence-corrected chi connectivity index (χ1v) is 11.4. The minimum Gasteiger partial charge on any atom is -0.369 e. The van der Waals surface area contributed by atoms with Crippen LogP contribution in [0.2, 0.25) is 0 Å². The molecule has 0 aliphatic carbocycles. The standard InChI is InChI=1S/C24H27N3O3S/c1-16-20(17(2)30-26-16)8-9-22(28)27-11-10-24(15-27,23(25)29)14-18-5-3-6-19(13-18)21-7-4-12-31-21/h3-7,12-13H,8-11,14-15H2,1-2H3,(H2,25,29)/t24-/m0/s1. The lowest BCUT2D eigenvalue weighted by atomic mass is 9.80. The molecule has 2 N–H and O–H groups in total. The predicted octanol–water partition coefficient (Wildman–Crippen LogP) is 3.90. The average Bonchev–Trinajstić information content (AvgIpc) is 3.49. The second kappa shape index (κ2) is 8.67. The van der Waals surface area contributed by atoms with Crippen LogP contribution in [0.4, 0.5) is 0 Å². The fourth-order valence-corrected chi connectivity index (χ4v) is 5.16. The number of nitrogens with two attached hydrogens (primary N) is 1. The van der Waals surface area contributed by atoms with Crippen molar-refractivity contribution in [1.82, 2.24) is 10.1 Å². The van der Waals surface area contributed by atoms with Crippen LogP contribution in [0, 0.1) is 19.3 Å². The third-order valence-corrected chi connectivity index (χ3v) is 7.19. The van der Waals surface area contributed by atoms with Crippen LogP contribution in [0.1, 0.15) is 35.4 Å². The molecule has 2 aromatic heterocycles. The van der Waals surface area contributed by atoms with E-state index in [4.69, 9.17) is 10.3 Å². The molecule has 3 heterocycles. The van der Waals surface area contributed by atoms with Crippen molar-refractivity contribution in [2.45, 2.75) is 39.5 Å². The van der Waals surface area contributed by atoms with Crippen LogP contribution in [0.3, 0.4) is 0 Å². The number of benzene rings is 1. The lowest BCUT2D eigenvalue weighted by Gasteiger charge is -2.26. The summed E-state index contributed by atoms with van der Waals surface area (Å²) in [6.45, 7) is 4.66. The van der Waals surface area contributed by atoms with Crippen LogP contribution in [0.15, 0.2) is 46.3 Å². The molecular weight excluding hydrogens is 410 g/mol. The van der Waals surface area contributed by atoms with Gasteiger partial charge in [-0.2, -0.15) is 0 Å². The van der Waals surface area contributed by atoms with E-state index in [0.717, 1.165) is 28.1 Å². The molecule has 6 nitrogen and oxygen atoms in total. The van der Waals surface area contributed by atoms with E-state index in [-0.39, 0.29) is 11.8 Å². The minimum absolute atomic E-state index is 0.0375. The van der Waals surface area contributed by atoms with E-state index < -0.39 is 5.41 Å². The molecule has 0 bridgehead atoms. The van der Waals surface area contributed by atoms with Crippen molar-refractivity contribution in [3.63, 3.8) is 0 Å². The Morgan fingerprint density at radius 3 is 2.77 bits per heavy atom. The quantitative estimate of drug-likeness (QED) is 0.607. The Bertz CT molecular complexity index is 1070. The van der Waals surface area contributed by atoms with Crippen LogP contribution >= 0.6 is 11.3 Å². The Morgan fingerprint density at radius 2 is 2.10 bits per heavy atom. The van der Waals surface area contributed by atoms with Crippen LogP contribution in [0.5, 0.6) is 0 Å². The fourth-order valence-electron chi connectivity index (χ4n) is 4.43. The van der Waals surface area contributed by atoms with Crippen LogP contribution in [0.25, 0.3) is 10.4 Å². The smallest absolute Gasteiger partial charge is 0.225 e. The van der Waals surface area contributed by atoms with Gasteiger partial charge in [-0.1, -0.05) is 35.5 Å². The van der Waals surface area contributed by atoms with Gasteiger partial charge in [0.05, 0.1) is 11.1 Å². The summed E-state index contributed by atoms with van der Waals surface area (Å²) in [5.41, 5.74) is 9.15. The van der Waals surface area contributed by atoms with Crippen LogP contribution < -0.4 is 5.73 Å². The number of carbonyl (C=O) groups is 2. The fraction of sp³-hybridized carbons (Fsp3) is 0.375. The Morgan fingerprint density at radius 1 is 1.26 bits per heavy atom. The monoisotopic (exact) mass is 437 g/mol. The van der Waals surface area contributed by atoms with Gasteiger partial charge in [-0.15, -0.1) is 11.3 Å². The van der Waals surface area contributed by atoms with E-state index in [1.54, 1.807) is 16.2 Å². The molecule has 0 saturated carbocycles. The highest BCUT2D eigenvalue weighted by atomic mass is 32.1. The summed E-state index contributed by atoms with van der Waals surface area (Å²) in [5, 5.41) is 6.00. The number of hydrogen-bond donors (Lipinski definition) is 1. The Hall–Kier alpha value is -2.93. The number of nitrogens with zero attached hydrogens (tertiary/aromatic N) is 2. The van der Waals surface area contributed by atoms with Gasteiger partial charge >= 0.3 is 0 Å². The van der Waals surface area contributed by atoms with E-state index >= 15 is 0 Å². The van der Waals surface area contributed by atoms with Gasteiger partial charge < -0.3 is 15.2 Å². The highest BCUT2D eigenvalue weighted by molar-refractivity contribution is 7.13. The second-order valence-corrected chi connectivity index (χ2v) is 9.31. The van der Waals surface area contributed by atoms with E-state index in [0.29, 0.717) is 38.8 Å². The first kappa shape index (κ1) is 21.3. The number of thiophene rings is 1. The number of hydrogen-bond acceptors (Lipinski definition) is 5. The van der Waals surface area contributed by atoms with Gasteiger partial charge in [0, 0.05) is 30.0 Å². The molecular formula is C24H27N3O3S. The number of aryl methyl sites for hydroxylation is 2. The molecule has 4 rings (SSSR count). The first-order valence-electron chi connectivity index (χ1n) is 10.5. The van der Waals surface area contributed by atoms with Gasteiger partial charge in [-0.25, -0.2) is 0 Å². The summed E-state index contributed by atoms with van der Waals surface area (Å²) in [6.07, 6.45) is 2.08. The van der Waals surface area contributed by atoms with E-state index in [2.05, 4.69) is 28.7 Å². The Balaban J connectivity index is 1.45. The van der Waals surface area contributed by atoms with Crippen molar-refractivity contribution in [2.24, 2.45) is 11.1 Å². The summed E-state index contributed by atoms with van der Waals surface area (Å²) < 4.78 is 5.19. The molecule has 162 valence electrons. The lowest BCUT2D eigenvalue weighted by Crippen LogP contribution is -2.42. The number of likely N-dealkylation sites (tertiary alicyclic amines) is 1. The van der Waals surface area contributed by atoms with Crippen molar-refractivity contribution in [2.75, 3.05) is 13.1 Å². The minimum atomic E-state index is -0.729. The molecule has 1 fully saturated rings. The van der Waals surface area contributed by atoms with Crippen molar-refractivity contribution in [3.05, 3.63) is 64.4 Å². The normalized spacial score (nSPS) is 18.5. The summed E-state index contributed by atoms with van der Waals surface area (Å²) in [7, 11) is 0. The van der Waals surface area contributed by atoms with Crippen LogP contribution in [-0.4, -0.2) is 35.0 Å². The van der Waals surface area contributed by atoms with Gasteiger partial charge in [-0.3, -0.25) is 9.59 Å². The Labute approximate surface area is 186 Å². The molecule has 1 aliphatic heterocycles. The third-order valence-electron chi connectivity index (χ3n) is 6.27. The second-order valence-electron chi connectivity index (χ2n) is 8.37. The zero-order valence-corrected chi connectivity index (χ0v) is 18.7. The van der Waals surface area contributed by atoms with Gasteiger partial charge in [0.25, 0.3) is 0 Å². The van der Waals surface area contributed by atoms with Crippen molar-refractivity contribution in [1.29, 1.82) is 0 Å². The SMILES string of the molecule is Cc1noc(C)c1CCC(=O)N1CC[C@@](Cc2cccc(-c3cccs3)c2)(C(N)=O)C1. The largest absolute Gasteiger partial charge is 0.369 e. The number of carbonyl (C=O) groups excluding carboxylic acids is 2. The van der Waals surface area contributed by atoms with E-state index in [9.17, 15) is 9.59 Å². The van der Waals surface area contributed by atoms with Gasteiger partial charge in [-0.05, 0) is 55.7 Å². The maximum atomic E-state index is 12.9. The number of primary amides is 1. The molecule has 31 heavy (non-hydrogen) atoms. The van der Waals surface area contributed by atoms with Gasteiger partial charge in [0.15, 0.2) is 0 Å². The maximum absolute atomic E-state index is 12.9. The number of amides is 2. The van der Waals surface area contributed by atoms with E-state index in [1.807, 2.05) is 32.0 Å². The predicted molar refractivity (Wildman–Crippen MR) is 121 cm³/mol. The summed E-state index contributed by atoms with van der Waals surface area (Å²) in [5.74, 6) is 0.453. The molecule has 3 aromatic rings. The molecule has 1 aliphatic rings. The highest BCUT2D eigenvalue weighted by Crippen LogP contribution is 2.36. The molecule has 0 unspecified atom stereocenters. The number of aromatic nitrogens is 1. The summed E-state index contributed by atoms with van der Waals surface area (Å²) in [4.78, 5) is 28.3. The zero-order chi connectivity index (χ0) is 22.0. The van der Waals surface area contributed by atoms with Crippen molar-refractivity contribution in [3.8, 4) is 10.4 Å². The van der Waals surface area contributed by atoms with Crippen molar-refractivity contribution < 1.29 is 14.1 Å². The zero-order valence-electron chi connectivity index (χ0n) is 17.9. The molecule has 1 aromatic carbocycles. The average molecular weight is 438 g/mol. The van der Waals surface area contributed by atoms with Gasteiger partial charge in [0.1, 0.15) is 5.76 Å².